The van der Waals surface area contributed by atoms with Gasteiger partial charge < -0.3 is 29.1 Å². The zero-order chi connectivity index (χ0) is 21.8. The highest BCUT2D eigenvalue weighted by molar-refractivity contribution is 7.95. The van der Waals surface area contributed by atoms with Gasteiger partial charge in [0.05, 0.1) is 6.16 Å². The number of carboxylic acids is 1. The van der Waals surface area contributed by atoms with Gasteiger partial charge in [0.1, 0.15) is 23.2 Å². The van der Waals surface area contributed by atoms with Crippen molar-refractivity contribution in [3.63, 3.8) is 0 Å². The van der Waals surface area contributed by atoms with E-state index in [9.17, 15) is 4.79 Å². The van der Waals surface area contributed by atoms with Crippen LogP contribution in [0.5, 0.6) is 0 Å². The number of unbranched alkanes of at least 4 members (excludes halogenated alkanes) is 6. The Bertz CT molecular complexity index is 804. The summed E-state index contributed by atoms with van der Waals surface area (Å²) in [5.74, 6) is -0.678. The van der Waals surface area contributed by atoms with Crippen molar-refractivity contribution in [2.24, 2.45) is 0 Å². The zero-order valence-electron chi connectivity index (χ0n) is 18.7. The fraction of sp³-hybridized carbons (Fsp3) is 0.321. The maximum absolute atomic E-state index is 10.6. The number of rotatable bonds is 13. The van der Waals surface area contributed by atoms with Crippen molar-refractivity contribution in [3.8, 4) is 0 Å². The van der Waals surface area contributed by atoms with Crippen molar-refractivity contribution >= 4 is 29.1 Å². The minimum Gasteiger partial charge on any atom is -1.00 e. The third-order valence-electron chi connectivity index (χ3n) is 5.98. The van der Waals surface area contributed by atoms with E-state index in [-0.39, 0.29) is 24.0 Å². The monoisotopic (exact) mass is 560 g/mol. The first-order valence-electron chi connectivity index (χ1n) is 11.5. The normalized spacial score (nSPS) is 11.0. The van der Waals surface area contributed by atoms with Crippen molar-refractivity contribution < 1.29 is 33.9 Å². The molecule has 0 aliphatic rings. The molecule has 2 nitrogen and oxygen atoms in total. The van der Waals surface area contributed by atoms with Gasteiger partial charge in [0.25, 0.3) is 0 Å². The number of carboxylic acid groups (broad SMARTS) is 1. The maximum Gasteiger partial charge on any atom is 0.303 e. The second-order valence-electron chi connectivity index (χ2n) is 8.16. The Morgan fingerprint density at radius 2 is 0.906 bits per heavy atom. The summed E-state index contributed by atoms with van der Waals surface area (Å²) in [6, 6.07) is 33.3. The lowest BCUT2D eigenvalue weighted by atomic mass is 10.1. The molecule has 4 heteroatoms. The quantitative estimate of drug-likeness (QED) is 0.198. The fourth-order valence-electron chi connectivity index (χ4n) is 4.39. The van der Waals surface area contributed by atoms with Crippen molar-refractivity contribution in [2.75, 3.05) is 6.16 Å². The predicted molar refractivity (Wildman–Crippen MR) is 135 cm³/mol. The third kappa shape index (κ3) is 7.42. The number of halogens is 1. The second-order valence-corrected chi connectivity index (χ2v) is 11.8. The summed E-state index contributed by atoms with van der Waals surface area (Å²) in [6.07, 6.45) is 9.33. The van der Waals surface area contributed by atoms with E-state index in [4.69, 9.17) is 5.11 Å². The summed E-state index contributed by atoms with van der Waals surface area (Å²) in [5, 5.41) is 13.1. The number of hydrogen-bond acceptors (Lipinski definition) is 1. The minimum atomic E-state index is -1.70. The molecule has 0 radical (unpaired) electrons. The molecule has 0 amide bonds. The van der Waals surface area contributed by atoms with Crippen LogP contribution >= 0.6 is 7.26 Å². The Kier molecular flexibility index (Phi) is 12.0. The smallest absolute Gasteiger partial charge is 0.303 e. The molecule has 0 saturated carbocycles. The molecule has 0 saturated heterocycles. The molecule has 170 valence electrons. The summed E-state index contributed by atoms with van der Waals surface area (Å²) >= 11 is 0. The molecule has 0 aliphatic carbocycles. The lowest BCUT2D eigenvalue weighted by Gasteiger charge is -2.27. The van der Waals surface area contributed by atoms with Crippen LogP contribution in [0.1, 0.15) is 51.4 Å². The first-order chi connectivity index (χ1) is 15.2. The van der Waals surface area contributed by atoms with E-state index < -0.39 is 13.2 Å². The summed E-state index contributed by atoms with van der Waals surface area (Å²) in [4.78, 5) is 10.6. The molecule has 0 unspecified atom stereocenters. The third-order valence-corrected chi connectivity index (χ3v) is 10.5. The Labute approximate surface area is 210 Å². The fourth-order valence-corrected chi connectivity index (χ4v) is 8.80. The standard InChI is InChI=1S/C28H33O2P.HI/c29-28(30)23-15-4-2-1-3-5-16-24-31(25-17-9-6-10-18-25,26-19-11-7-12-20-26)27-21-13-8-14-22-27;/h6-14,17-22H,1-5,15-16,23-24H2;1H. The SMILES string of the molecule is O=C(O)CCCCCCCCC[P+](c1ccccc1)(c1ccccc1)c1ccccc1.[I-]. The van der Waals surface area contributed by atoms with Gasteiger partial charge in [-0.15, -0.1) is 0 Å². The van der Waals surface area contributed by atoms with E-state index in [1.165, 1.54) is 47.8 Å². The highest BCUT2D eigenvalue weighted by atomic mass is 127. The van der Waals surface area contributed by atoms with Gasteiger partial charge >= 0.3 is 5.97 Å². The average Bonchev–Trinajstić information content (AvgIpc) is 2.82. The van der Waals surface area contributed by atoms with Crippen molar-refractivity contribution in [3.05, 3.63) is 91.0 Å². The summed E-state index contributed by atoms with van der Waals surface area (Å²) in [7, 11) is -1.70. The zero-order valence-corrected chi connectivity index (χ0v) is 21.8. The van der Waals surface area contributed by atoms with Gasteiger partial charge in [0, 0.05) is 6.42 Å². The van der Waals surface area contributed by atoms with Gasteiger partial charge in [0.15, 0.2) is 0 Å². The molecular formula is C28H34IO2P. The molecule has 0 aromatic heterocycles. The summed E-state index contributed by atoms with van der Waals surface area (Å²) in [6.45, 7) is 0. The average molecular weight is 560 g/mol. The van der Waals surface area contributed by atoms with Crippen LogP contribution in [0.15, 0.2) is 91.0 Å². The van der Waals surface area contributed by atoms with Gasteiger partial charge in [0.2, 0.25) is 0 Å². The molecule has 0 fully saturated rings. The van der Waals surface area contributed by atoms with Crippen LogP contribution in [0.4, 0.5) is 0 Å². The first kappa shape index (κ1) is 26.5. The minimum absolute atomic E-state index is 0. The Hall–Kier alpha value is -1.71. The molecule has 0 heterocycles. The number of aliphatic carboxylic acids is 1. The molecular weight excluding hydrogens is 526 g/mol. The molecule has 0 atom stereocenters. The first-order valence-corrected chi connectivity index (χ1v) is 13.5. The van der Waals surface area contributed by atoms with Crippen LogP contribution in [0.3, 0.4) is 0 Å². The van der Waals surface area contributed by atoms with Crippen LogP contribution in [-0.2, 0) is 4.79 Å². The van der Waals surface area contributed by atoms with Crippen LogP contribution in [0, 0.1) is 0 Å². The molecule has 3 aromatic rings. The van der Waals surface area contributed by atoms with Gasteiger partial charge in [-0.1, -0.05) is 80.3 Å². The van der Waals surface area contributed by atoms with Gasteiger partial charge in [-0.25, -0.2) is 0 Å². The predicted octanol–water partition coefficient (Wildman–Crippen LogP) is 3.19. The summed E-state index contributed by atoms with van der Waals surface area (Å²) < 4.78 is 0. The van der Waals surface area contributed by atoms with Crippen LogP contribution in [0.25, 0.3) is 0 Å². The summed E-state index contributed by atoms with van der Waals surface area (Å²) in [5.41, 5.74) is 0. The Balaban J connectivity index is 0.00000363. The largest absolute Gasteiger partial charge is 1.00 e. The molecule has 0 aliphatic heterocycles. The highest BCUT2D eigenvalue weighted by Gasteiger charge is 2.44. The molecule has 0 bridgehead atoms. The van der Waals surface area contributed by atoms with Gasteiger partial charge in [-0.2, -0.15) is 0 Å². The number of hydrogen-bond donors (Lipinski definition) is 1. The van der Waals surface area contributed by atoms with Crippen LogP contribution < -0.4 is 39.9 Å². The molecule has 3 aromatic carbocycles. The van der Waals surface area contributed by atoms with E-state index in [2.05, 4.69) is 91.0 Å². The van der Waals surface area contributed by atoms with Gasteiger partial charge in [-0.05, 0) is 55.7 Å². The van der Waals surface area contributed by atoms with E-state index >= 15 is 0 Å². The molecule has 1 N–H and O–H groups in total. The van der Waals surface area contributed by atoms with Crippen LogP contribution in [-0.4, -0.2) is 17.2 Å². The lowest BCUT2D eigenvalue weighted by Crippen LogP contribution is -3.00. The number of benzene rings is 3. The van der Waals surface area contributed by atoms with Crippen LogP contribution in [0.2, 0.25) is 0 Å². The van der Waals surface area contributed by atoms with E-state index in [0.717, 1.165) is 19.3 Å². The van der Waals surface area contributed by atoms with E-state index in [1.54, 1.807) is 0 Å². The molecule has 32 heavy (non-hydrogen) atoms. The number of carbonyl (C=O) groups is 1. The molecule has 3 rings (SSSR count). The highest BCUT2D eigenvalue weighted by Crippen LogP contribution is 2.55. The van der Waals surface area contributed by atoms with Crippen molar-refractivity contribution in [2.45, 2.75) is 51.4 Å². The lowest BCUT2D eigenvalue weighted by molar-refractivity contribution is -0.137. The maximum atomic E-state index is 10.6. The topological polar surface area (TPSA) is 37.3 Å². The van der Waals surface area contributed by atoms with Crippen molar-refractivity contribution in [1.29, 1.82) is 0 Å². The Morgan fingerprint density at radius 3 is 1.28 bits per heavy atom. The van der Waals surface area contributed by atoms with Gasteiger partial charge in [-0.3, -0.25) is 4.79 Å². The molecule has 0 spiro atoms. The Morgan fingerprint density at radius 1 is 0.562 bits per heavy atom. The van der Waals surface area contributed by atoms with E-state index in [0.29, 0.717) is 6.42 Å². The van der Waals surface area contributed by atoms with E-state index in [1.807, 2.05) is 0 Å². The second kappa shape index (κ2) is 14.4. The van der Waals surface area contributed by atoms with Crippen molar-refractivity contribution in [1.82, 2.24) is 0 Å².